The number of amides is 1. The van der Waals surface area contributed by atoms with Crippen LogP contribution in [0.4, 0.5) is 0 Å². The summed E-state index contributed by atoms with van der Waals surface area (Å²) in [7, 11) is 7.22. The van der Waals surface area contributed by atoms with Crippen LogP contribution in [0.15, 0.2) is 18.2 Å². The van der Waals surface area contributed by atoms with E-state index in [9.17, 15) is 9.90 Å². The highest BCUT2D eigenvalue weighted by atomic mass is 16.5. The Kier molecular flexibility index (Phi) is 6.45. The third kappa shape index (κ3) is 4.39. The standard InChI is InChI=1S/C18H28N2O4/c1-19(2)9-14-10-20(11-15(14)12-21)18(22)7-13-5-6-16(23-3)8-17(13)24-4/h5-6,8,14-15,21H,7,9-12H2,1-4H3/t14-,15-/m1/s1. The number of carbonyl (C=O) groups is 1. The number of hydrogen-bond donors (Lipinski definition) is 1. The average molecular weight is 336 g/mol. The van der Waals surface area contributed by atoms with Crippen molar-refractivity contribution in [2.75, 3.05) is 54.6 Å². The third-order valence-electron chi connectivity index (χ3n) is 4.60. The minimum absolute atomic E-state index is 0.0678. The number of rotatable bonds is 7. The Labute approximate surface area is 144 Å². The quantitative estimate of drug-likeness (QED) is 0.801. The molecule has 1 aromatic rings. The molecule has 0 aliphatic carbocycles. The summed E-state index contributed by atoms with van der Waals surface area (Å²) in [6, 6.07) is 5.49. The van der Waals surface area contributed by atoms with Crippen LogP contribution in [0.3, 0.4) is 0 Å². The minimum atomic E-state index is 0.0678. The van der Waals surface area contributed by atoms with E-state index in [-0.39, 0.29) is 18.4 Å². The molecule has 0 spiro atoms. The Hall–Kier alpha value is -1.79. The first-order valence-electron chi connectivity index (χ1n) is 8.22. The summed E-state index contributed by atoms with van der Waals surface area (Å²) in [5.41, 5.74) is 0.847. The van der Waals surface area contributed by atoms with Crippen LogP contribution in [-0.4, -0.2) is 75.4 Å². The van der Waals surface area contributed by atoms with Gasteiger partial charge in [-0.15, -0.1) is 0 Å². The maximum Gasteiger partial charge on any atom is 0.227 e. The molecule has 6 nitrogen and oxygen atoms in total. The Balaban J connectivity index is 2.05. The predicted octanol–water partition coefficient (Wildman–Crippen LogP) is 0.875. The van der Waals surface area contributed by atoms with Crippen LogP contribution in [0.25, 0.3) is 0 Å². The van der Waals surface area contributed by atoms with Gasteiger partial charge in [-0.05, 0) is 26.1 Å². The van der Waals surface area contributed by atoms with E-state index < -0.39 is 0 Å². The van der Waals surface area contributed by atoms with Crippen LogP contribution < -0.4 is 9.47 Å². The molecule has 0 bridgehead atoms. The second-order valence-corrected chi connectivity index (χ2v) is 6.62. The van der Waals surface area contributed by atoms with Gasteiger partial charge in [-0.2, -0.15) is 0 Å². The number of methoxy groups -OCH3 is 2. The van der Waals surface area contributed by atoms with Gasteiger partial charge in [0.25, 0.3) is 0 Å². The van der Waals surface area contributed by atoms with Gasteiger partial charge in [-0.1, -0.05) is 6.07 Å². The van der Waals surface area contributed by atoms with Crippen LogP contribution in [0, 0.1) is 11.8 Å². The zero-order valence-electron chi connectivity index (χ0n) is 15.0. The molecule has 1 aliphatic heterocycles. The van der Waals surface area contributed by atoms with Crippen molar-refractivity contribution in [1.82, 2.24) is 9.80 Å². The fourth-order valence-electron chi connectivity index (χ4n) is 3.30. The summed E-state index contributed by atoms with van der Waals surface area (Å²) in [5.74, 6) is 1.89. The SMILES string of the molecule is COc1ccc(CC(=O)N2C[C@@H](CN(C)C)[C@@H](CO)C2)c(OC)c1. The molecule has 0 radical (unpaired) electrons. The fraction of sp³-hybridized carbons (Fsp3) is 0.611. The molecule has 1 amide bonds. The van der Waals surface area contributed by atoms with Gasteiger partial charge in [-0.3, -0.25) is 4.79 Å². The van der Waals surface area contributed by atoms with E-state index in [2.05, 4.69) is 4.90 Å². The van der Waals surface area contributed by atoms with Crippen molar-refractivity contribution in [3.05, 3.63) is 23.8 Å². The lowest BCUT2D eigenvalue weighted by Crippen LogP contribution is -2.31. The van der Waals surface area contributed by atoms with Gasteiger partial charge in [0.05, 0.1) is 20.6 Å². The Morgan fingerprint density at radius 1 is 1.25 bits per heavy atom. The van der Waals surface area contributed by atoms with E-state index in [1.54, 1.807) is 20.3 Å². The smallest absolute Gasteiger partial charge is 0.227 e. The van der Waals surface area contributed by atoms with Crippen molar-refractivity contribution in [1.29, 1.82) is 0 Å². The first kappa shape index (κ1) is 18.5. The largest absolute Gasteiger partial charge is 0.497 e. The molecule has 6 heteroatoms. The number of likely N-dealkylation sites (tertiary alicyclic amines) is 1. The lowest BCUT2D eigenvalue weighted by atomic mass is 9.97. The van der Waals surface area contributed by atoms with Gasteiger partial charge < -0.3 is 24.4 Å². The molecular weight excluding hydrogens is 308 g/mol. The highest BCUT2D eigenvalue weighted by Gasteiger charge is 2.35. The highest BCUT2D eigenvalue weighted by Crippen LogP contribution is 2.28. The van der Waals surface area contributed by atoms with Crippen molar-refractivity contribution in [3.8, 4) is 11.5 Å². The van der Waals surface area contributed by atoms with Gasteiger partial charge in [0, 0.05) is 43.8 Å². The van der Waals surface area contributed by atoms with Crippen LogP contribution >= 0.6 is 0 Å². The Morgan fingerprint density at radius 2 is 1.96 bits per heavy atom. The van der Waals surface area contributed by atoms with Crippen molar-refractivity contribution in [2.24, 2.45) is 11.8 Å². The summed E-state index contributed by atoms with van der Waals surface area (Å²) in [5, 5.41) is 9.59. The highest BCUT2D eigenvalue weighted by molar-refractivity contribution is 5.80. The predicted molar refractivity (Wildman–Crippen MR) is 92.4 cm³/mol. The average Bonchev–Trinajstić information content (AvgIpc) is 2.97. The summed E-state index contributed by atoms with van der Waals surface area (Å²) in [6.45, 7) is 2.31. The number of aliphatic hydroxyl groups is 1. The van der Waals surface area contributed by atoms with Crippen LogP contribution in [0.1, 0.15) is 5.56 Å². The van der Waals surface area contributed by atoms with E-state index in [4.69, 9.17) is 9.47 Å². The molecule has 2 rings (SSSR count). The van der Waals surface area contributed by atoms with E-state index >= 15 is 0 Å². The first-order chi connectivity index (χ1) is 11.5. The number of carbonyl (C=O) groups excluding carboxylic acids is 1. The number of benzene rings is 1. The van der Waals surface area contributed by atoms with Crippen LogP contribution in [0.2, 0.25) is 0 Å². The molecular formula is C18H28N2O4. The van der Waals surface area contributed by atoms with E-state index in [0.717, 1.165) is 12.1 Å². The number of nitrogens with zero attached hydrogens (tertiary/aromatic N) is 2. The number of aliphatic hydroxyl groups excluding tert-OH is 1. The molecule has 1 fully saturated rings. The molecule has 1 N–H and O–H groups in total. The summed E-state index contributed by atoms with van der Waals surface area (Å²) < 4.78 is 10.6. The first-order valence-corrected chi connectivity index (χ1v) is 8.22. The molecule has 24 heavy (non-hydrogen) atoms. The molecule has 0 saturated carbocycles. The summed E-state index contributed by atoms with van der Waals surface area (Å²) in [4.78, 5) is 16.6. The van der Waals surface area contributed by atoms with E-state index in [0.29, 0.717) is 36.9 Å². The lowest BCUT2D eigenvalue weighted by Gasteiger charge is -2.20. The van der Waals surface area contributed by atoms with Crippen molar-refractivity contribution >= 4 is 5.91 Å². The zero-order valence-corrected chi connectivity index (χ0v) is 15.0. The fourth-order valence-corrected chi connectivity index (χ4v) is 3.30. The Morgan fingerprint density at radius 3 is 2.54 bits per heavy atom. The van der Waals surface area contributed by atoms with Gasteiger partial charge in [0.2, 0.25) is 5.91 Å². The van der Waals surface area contributed by atoms with Crippen molar-refractivity contribution in [3.63, 3.8) is 0 Å². The van der Waals surface area contributed by atoms with Crippen LogP contribution in [0.5, 0.6) is 11.5 Å². The van der Waals surface area contributed by atoms with Gasteiger partial charge in [-0.25, -0.2) is 0 Å². The summed E-state index contributed by atoms with van der Waals surface area (Å²) >= 11 is 0. The van der Waals surface area contributed by atoms with E-state index in [1.807, 2.05) is 31.1 Å². The number of ether oxygens (including phenoxy) is 2. The van der Waals surface area contributed by atoms with Gasteiger partial charge >= 0.3 is 0 Å². The van der Waals surface area contributed by atoms with Gasteiger partial charge in [0.1, 0.15) is 11.5 Å². The lowest BCUT2D eigenvalue weighted by molar-refractivity contribution is -0.129. The van der Waals surface area contributed by atoms with Crippen LogP contribution in [-0.2, 0) is 11.2 Å². The normalized spacial score (nSPS) is 20.5. The number of hydrogen-bond acceptors (Lipinski definition) is 5. The maximum absolute atomic E-state index is 12.7. The molecule has 0 aromatic heterocycles. The molecule has 1 aromatic carbocycles. The van der Waals surface area contributed by atoms with Gasteiger partial charge in [0.15, 0.2) is 0 Å². The topological polar surface area (TPSA) is 62.2 Å². The molecule has 1 saturated heterocycles. The summed E-state index contributed by atoms with van der Waals surface area (Å²) in [6.07, 6.45) is 0.292. The monoisotopic (exact) mass is 336 g/mol. The molecule has 2 atom stereocenters. The Bertz CT molecular complexity index is 562. The van der Waals surface area contributed by atoms with E-state index in [1.165, 1.54) is 0 Å². The zero-order chi connectivity index (χ0) is 17.7. The molecule has 1 heterocycles. The van der Waals surface area contributed by atoms with Crippen molar-refractivity contribution in [2.45, 2.75) is 6.42 Å². The third-order valence-corrected chi connectivity index (χ3v) is 4.60. The minimum Gasteiger partial charge on any atom is -0.497 e. The molecule has 134 valence electrons. The second-order valence-electron chi connectivity index (χ2n) is 6.62. The van der Waals surface area contributed by atoms with Crippen molar-refractivity contribution < 1.29 is 19.4 Å². The molecule has 0 unspecified atom stereocenters. The molecule has 1 aliphatic rings. The maximum atomic E-state index is 12.7. The second kappa shape index (κ2) is 8.35.